The first-order chi connectivity index (χ1) is 12.9. The highest BCUT2D eigenvalue weighted by Crippen LogP contribution is 2.20. The van der Waals surface area contributed by atoms with Crippen molar-refractivity contribution in [1.29, 1.82) is 0 Å². The van der Waals surface area contributed by atoms with Crippen LogP contribution >= 0.6 is 11.5 Å². The van der Waals surface area contributed by atoms with E-state index in [1.807, 2.05) is 11.9 Å². The van der Waals surface area contributed by atoms with Gasteiger partial charge in [-0.15, -0.1) is 0 Å². The maximum Gasteiger partial charge on any atom is 0.263 e. The molecule has 1 N–H and O–H groups in total. The van der Waals surface area contributed by atoms with Crippen molar-refractivity contribution in [2.45, 2.75) is 38.8 Å². The Morgan fingerprint density at radius 3 is 2.56 bits per heavy atom. The number of likely N-dealkylation sites (tertiary alicyclic amines) is 1. The summed E-state index contributed by atoms with van der Waals surface area (Å²) in [5.74, 6) is 0.232. The van der Waals surface area contributed by atoms with Gasteiger partial charge in [0.1, 0.15) is 4.88 Å². The van der Waals surface area contributed by atoms with E-state index in [0.717, 1.165) is 52.1 Å². The average Bonchev–Trinajstić information content (AvgIpc) is 3.13. The van der Waals surface area contributed by atoms with Gasteiger partial charge in [0, 0.05) is 57.5 Å². The standard InChI is InChI=1S/C19H31N5O2S/c1-14(2)23-8-10-24(11-9-23)19(26)15-4-5-16(13-22(3)12-15)21-18(25)17-6-7-20-27-17/h6-7,14-16H,4-5,8-13H2,1-3H3,(H,21,25)/t15-,16+/m1/s1. The summed E-state index contributed by atoms with van der Waals surface area (Å²) in [5, 5.41) is 3.11. The van der Waals surface area contributed by atoms with Crippen molar-refractivity contribution in [2.24, 2.45) is 5.92 Å². The second-order valence-electron chi connectivity index (χ2n) is 8.00. The quantitative estimate of drug-likeness (QED) is 0.831. The molecule has 1 aromatic heterocycles. The molecule has 0 spiro atoms. The van der Waals surface area contributed by atoms with Gasteiger partial charge >= 0.3 is 0 Å². The van der Waals surface area contributed by atoms with Crippen LogP contribution in [0.4, 0.5) is 0 Å². The summed E-state index contributed by atoms with van der Waals surface area (Å²) in [6.45, 7) is 9.51. The number of rotatable bonds is 4. The molecule has 1 aromatic rings. The molecule has 2 saturated heterocycles. The van der Waals surface area contributed by atoms with Gasteiger partial charge in [-0.3, -0.25) is 14.5 Å². The predicted octanol–water partition coefficient (Wildman–Crippen LogP) is 1.14. The summed E-state index contributed by atoms with van der Waals surface area (Å²) in [5.41, 5.74) is 0. The van der Waals surface area contributed by atoms with Crippen LogP contribution in [0.25, 0.3) is 0 Å². The molecule has 150 valence electrons. The first kappa shape index (κ1) is 20.2. The highest BCUT2D eigenvalue weighted by atomic mass is 32.1. The van der Waals surface area contributed by atoms with E-state index in [4.69, 9.17) is 0 Å². The predicted molar refractivity (Wildman–Crippen MR) is 107 cm³/mol. The molecule has 3 rings (SSSR count). The zero-order chi connectivity index (χ0) is 19.4. The molecule has 0 aromatic carbocycles. The second-order valence-corrected chi connectivity index (χ2v) is 8.83. The van der Waals surface area contributed by atoms with Crippen LogP contribution in [-0.4, -0.2) is 89.3 Å². The van der Waals surface area contributed by atoms with E-state index in [9.17, 15) is 9.59 Å². The number of likely N-dealkylation sites (N-methyl/N-ethyl adjacent to an activating group) is 1. The maximum absolute atomic E-state index is 13.0. The Labute approximate surface area is 165 Å². The second kappa shape index (κ2) is 9.12. The molecule has 0 saturated carbocycles. The number of carbonyl (C=O) groups excluding carboxylic acids is 2. The number of hydrogen-bond donors (Lipinski definition) is 1. The normalized spacial score (nSPS) is 25.4. The van der Waals surface area contributed by atoms with Gasteiger partial charge in [-0.2, -0.15) is 0 Å². The number of aromatic nitrogens is 1. The Bertz CT molecular complexity index is 628. The monoisotopic (exact) mass is 393 g/mol. The fourth-order valence-corrected chi connectivity index (χ4v) is 4.54. The molecule has 0 aliphatic carbocycles. The number of carbonyl (C=O) groups is 2. The first-order valence-corrected chi connectivity index (χ1v) is 10.6. The van der Waals surface area contributed by atoms with Gasteiger partial charge in [0.15, 0.2) is 0 Å². The summed E-state index contributed by atoms with van der Waals surface area (Å²) in [4.78, 5) is 32.6. The minimum absolute atomic E-state index is 0.0194. The van der Waals surface area contributed by atoms with Gasteiger partial charge < -0.3 is 15.1 Å². The minimum atomic E-state index is -0.0644. The van der Waals surface area contributed by atoms with E-state index in [0.29, 0.717) is 10.9 Å². The van der Waals surface area contributed by atoms with E-state index in [1.165, 1.54) is 11.5 Å². The molecule has 27 heavy (non-hydrogen) atoms. The van der Waals surface area contributed by atoms with Gasteiger partial charge in [-0.25, -0.2) is 4.37 Å². The lowest BCUT2D eigenvalue weighted by atomic mass is 9.99. The van der Waals surface area contributed by atoms with Gasteiger partial charge in [0.05, 0.1) is 5.92 Å². The van der Waals surface area contributed by atoms with Gasteiger partial charge in [0.2, 0.25) is 5.91 Å². The summed E-state index contributed by atoms with van der Waals surface area (Å²) in [6, 6.07) is 2.35. The van der Waals surface area contributed by atoms with Crippen molar-refractivity contribution in [3.05, 3.63) is 17.1 Å². The van der Waals surface area contributed by atoms with Crippen molar-refractivity contribution in [3.8, 4) is 0 Å². The Kier molecular flexibility index (Phi) is 6.83. The first-order valence-electron chi connectivity index (χ1n) is 9.87. The number of piperazine rings is 1. The van der Waals surface area contributed by atoms with Crippen molar-refractivity contribution < 1.29 is 9.59 Å². The molecule has 2 amide bonds. The van der Waals surface area contributed by atoms with Crippen LogP contribution < -0.4 is 5.32 Å². The summed E-state index contributed by atoms with van der Waals surface area (Å²) >= 11 is 1.21. The van der Waals surface area contributed by atoms with Crippen LogP contribution in [0, 0.1) is 5.92 Å². The molecular formula is C19H31N5O2S. The average molecular weight is 394 g/mol. The van der Waals surface area contributed by atoms with Crippen LogP contribution in [0.15, 0.2) is 12.3 Å². The van der Waals surface area contributed by atoms with Gasteiger partial charge in [-0.1, -0.05) is 0 Å². The van der Waals surface area contributed by atoms with Crippen LogP contribution in [-0.2, 0) is 4.79 Å². The zero-order valence-electron chi connectivity index (χ0n) is 16.6. The molecule has 0 radical (unpaired) electrons. The maximum atomic E-state index is 13.0. The van der Waals surface area contributed by atoms with E-state index >= 15 is 0 Å². The molecule has 2 aliphatic rings. The highest BCUT2D eigenvalue weighted by molar-refractivity contribution is 7.08. The fraction of sp³-hybridized carbons (Fsp3) is 0.737. The highest BCUT2D eigenvalue weighted by Gasteiger charge is 2.32. The lowest BCUT2D eigenvalue weighted by Gasteiger charge is -2.38. The lowest BCUT2D eigenvalue weighted by Crippen LogP contribution is -2.52. The van der Waals surface area contributed by atoms with E-state index < -0.39 is 0 Å². The molecule has 2 atom stereocenters. The fourth-order valence-electron chi connectivity index (χ4n) is 4.04. The van der Waals surface area contributed by atoms with Crippen LogP contribution in [0.5, 0.6) is 0 Å². The Balaban J connectivity index is 1.53. The van der Waals surface area contributed by atoms with Crippen LogP contribution in [0.2, 0.25) is 0 Å². The number of hydrogen-bond acceptors (Lipinski definition) is 6. The Morgan fingerprint density at radius 2 is 1.93 bits per heavy atom. The van der Waals surface area contributed by atoms with E-state index in [-0.39, 0.29) is 23.8 Å². The number of nitrogens with one attached hydrogen (secondary N) is 1. The Hall–Kier alpha value is -1.51. The van der Waals surface area contributed by atoms with Crippen molar-refractivity contribution in [1.82, 2.24) is 24.4 Å². The summed E-state index contributed by atoms with van der Waals surface area (Å²) < 4.78 is 3.99. The summed E-state index contributed by atoms with van der Waals surface area (Å²) in [6.07, 6.45) is 3.30. The molecule has 3 heterocycles. The van der Waals surface area contributed by atoms with E-state index in [2.05, 4.69) is 33.3 Å². The smallest absolute Gasteiger partial charge is 0.263 e. The van der Waals surface area contributed by atoms with Gasteiger partial charge in [-0.05, 0) is 51.3 Å². The topological polar surface area (TPSA) is 68.8 Å². The van der Waals surface area contributed by atoms with E-state index in [1.54, 1.807) is 12.3 Å². The molecule has 0 bridgehead atoms. The largest absolute Gasteiger partial charge is 0.347 e. The summed E-state index contributed by atoms with van der Waals surface area (Å²) in [7, 11) is 2.04. The third-order valence-electron chi connectivity index (χ3n) is 5.63. The molecular weight excluding hydrogens is 362 g/mol. The SMILES string of the molecule is CC(C)N1CCN(C(=O)[C@@H]2CC[C@H](NC(=O)c3ccns3)CN(C)C2)CC1. The molecule has 0 unspecified atom stereocenters. The molecule has 8 heteroatoms. The third-order valence-corrected chi connectivity index (χ3v) is 6.38. The number of amides is 2. The zero-order valence-corrected chi connectivity index (χ0v) is 17.4. The van der Waals surface area contributed by atoms with Crippen molar-refractivity contribution in [3.63, 3.8) is 0 Å². The van der Waals surface area contributed by atoms with Gasteiger partial charge in [0.25, 0.3) is 5.91 Å². The molecule has 7 nitrogen and oxygen atoms in total. The molecule has 2 aliphatic heterocycles. The van der Waals surface area contributed by atoms with Crippen LogP contribution in [0.3, 0.4) is 0 Å². The number of nitrogens with zero attached hydrogens (tertiary/aromatic N) is 4. The lowest BCUT2D eigenvalue weighted by molar-refractivity contribution is -0.138. The third kappa shape index (κ3) is 5.27. The minimum Gasteiger partial charge on any atom is -0.347 e. The van der Waals surface area contributed by atoms with Crippen molar-refractivity contribution >= 4 is 23.3 Å². The Morgan fingerprint density at radius 1 is 1.19 bits per heavy atom. The van der Waals surface area contributed by atoms with Crippen LogP contribution in [0.1, 0.15) is 36.4 Å². The molecule has 2 fully saturated rings. The van der Waals surface area contributed by atoms with Crippen molar-refractivity contribution in [2.75, 3.05) is 46.3 Å².